The highest BCUT2D eigenvalue weighted by molar-refractivity contribution is 4.73. The van der Waals surface area contributed by atoms with E-state index in [1.165, 1.54) is 0 Å². The fraction of sp³-hybridized carbons (Fsp3) is 1.00. The van der Waals surface area contributed by atoms with Crippen molar-refractivity contribution in [2.75, 3.05) is 0 Å². The van der Waals surface area contributed by atoms with Crippen LogP contribution in [0.3, 0.4) is 0 Å². The second kappa shape index (κ2) is 4.73. The minimum absolute atomic E-state index is 0.0139. The van der Waals surface area contributed by atoms with Crippen molar-refractivity contribution in [1.82, 2.24) is 0 Å². The third kappa shape index (κ3) is 3.21. The van der Waals surface area contributed by atoms with Gasteiger partial charge in [-0.15, -0.1) is 0 Å². The predicted molar refractivity (Wildman–Crippen MR) is 46.3 cm³/mol. The average Bonchev–Trinajstić information content (AvgIpc) is 2.00. The molecule has 2 nitrogen and oxygen atoms in total. The average molecular weight is 160 g/mol. The zero-order valence-corrected chi connectivity index (χ0v) is 7.91. The van der Waals surface area contributed by atoms with E-state index in [0.717, 1.165) is 0 Å². The van der Waals surface area contributed by atoms with Gasteiger partial charge in [-0.3, -0.25) is 0 Å². The molecule has 0 amide bonds. The molecule has 11 heavy (non-hydrogen) atoms. The Bertz CT molecular complexity index is 102. The third-order valence-electron chi connectivity index (χ3n) is 2.25. The van der Waals surface area contributed by atoms with Crippen molar-refractivity contribution in [2.45, 2.75) is 46.3 Å². The lowest BCUT2D eigenvalue weighted by Crippen LogP contribution is -2.32. The molecule has 0 saturated heterocycles. The van der Waals surface area contributed by atoms with Gasteiger partial charge in [-0.1, -0.05) is 27.7 Å². The molecule has 0 aromatic rings. The van der Waals surface area contributed by atoms with Gasteiger partial charge in [0, 0.05) is 5.92 Å². The molecule has 0 aromatic carbocycles. The van der Waals surface area contributed by atoms with Crippen molar-refractivity contribution in [2.24, 2.45) is 11.8 Å². The molecule has 0 bridgehead atoms. The monoisotopic (exact) mass is 160 g/mol. The van der Waals surface area contributed by atoms with E-state index in [0.29, 0.717) is 6.42 Å². The van der Waals surface area contributed by atoms with Crippen LogP contribution in [0.25, 0.3) is 0 Å². The topological polar surface area (TPSA) is 40.5 Å². The lowest BCUT2D eigenvalue weighted by molar-refractivity contribution is -0.00322. The highest BCUT2D eigenvalue weighted by atomic mass is 16.3. The Kier molecular flexibility index (Phi) is 4.69. The molecule has 0 rings (SSSR count). The molecule has 0 aliphatic carbocycles. The van der Waals surface area contributed by atoms with Gasteiger partial charge in [-0.2, -0.15) is 0 Å². The molecule has 3 atom stereocenters. The van der Waals surface area contributed by atoms with Gasteiger partial charge in [0.05, 0.1) is 12.2 Å². The lowest BCUT2D eigenvalue weighted by Gasteiger charge is -2.25. The Balaban J connectivity index is 3.90. The molecular weight excluding hydrogens is 140 g/mol. The van der Waals surface area contributed by atoms with E-state index in [4.69, 9.17) is 0 Å². The molecule has 2 heteroatoms. The fourth-order valence-corrected chi connectivity index (χ4v) is 1.21. The number of hydrogen-bond donors (Lipinski definition) is 2. The van der Waals surface area contributed by atoms with Crippen molar-refractivity contribution in [3.63, 3.8) is 0 Å². The summed E-state index contributed by atoms with van der Waals surface area (Å²) in [6.45, 7) is 7.74. The Morgan fingerprint density at radius 1 is 1.09 bits per heavy atom. The van der Waals surface area contributed by atoms with Gasteiger partial charge in [0.2, 0.25) is 0 Å². The zero-order valence-electron chi connectivity index (χ0n) is 7.91. The van der Waals surface area contributed by atoms with Crippen molar-refractivity contribution in [1.29, 1.82) is 0 Å². The SMILES string of the molecule is CC[C@H](O)[C@@H](C)[C@H](O)C(C)C. The quantitative estimate of drug-likeness (QED) is 0.653. The molecular formula is C9H20O2. The number of aliphatic hydroxyl groups is 2. The van der Waals surface area contributed by atoms with E-state index in [2.05, 4.69) is 0 Å². The first-order chi connectivity index (χ1) is 5.00. The molecule has 0 saturated carbocycles. The summed E-state index contributed by atoms with van der Waals surface area (Å²) in [5, 5.41) is 18.9. The Labute approximate surface area is 69.2 Å². The lowest BCUT2D eigenvalue weighted by atomic mass is 9.89. The van der Waals surface area contributed by atoms with Crippen LogP contribution in [-0.2, 0) is 0 Å². The van der Waals surface area contributed by atoms with Crippen molar-refractivity contribution in [3.05, 3.63) is 0 Å². The first-order valence-electron chi connectivity index (χ1n) is 4.36. The van der Waals surface area contributed by atoms with Gasteiger partial charge in [-0.05, 0) is 12.3 Å². The standard InChI is InChI=1S/C9H20O2/c1-5-8(10)7(4)9(11)6(2)3/h6-11H,5H2,1-4H3/t7-,8+,9-/m1/s1. The second-order valence-electron chi connectivity index (χ2n) is 3.57. The van der Waals surface area contributed by atoms with Gasteiger partial charge in [-0.25, -0.2) is 0 Å². The van der Waals surface area contributed by atoms with E-state index in [9.17, 15) is 10.2 Å². The molecule has 2 N–H and O–H groups in total. The highest BCUT2D eigenvalue weighted by Gasteiger charge is 2.23. The smallest absolute Gasteiger partial charge is 0.0613 e. The van der Waals surface area contributed by atoms with Crippen LogP contribution in [0.4, 0.5) is 0 Å². The van der Waals surface area contributed by atoms with E-state index >= 15 is 0 Å². The third-order valence-corrected chi connectivity index (χ3v) is 2.25. The number of hydrogen-bond acceptors (Lipinski definition) is 2. The summed E-state index contributed by atoms with van der Waals surface area (Å²) in [6, 6.07) is 0. The zero-order chi connectivity index (χ0) is 9.02. The van der Waals surface area contributed by atoms with Crippen molar-refractivity contribution >= 4 is 0 Å². The predicted octanol–water partition coefficient (Wildman–Crippen LogP) is 1.41. The van der Waals surface area contributed by atoms with Crippen LogP contribution in [0.15, 0.2) is 0 Å². The van der Waals surface area contributed by atoms with E-state index in [1.54, 1.807) is 0 Å². The molecule has 68 valence electrons. The van der Waals surface area contributed by atoms with Gasteiger partial charge >= 0.3 is 0 Å². The molecule has 0 aromatic heterocycles. The van der Waals surface area contributed by atoms with E-state index < -0.39 is 0 Å². The second-order valence-corrected chi connectivity index (χ2v) is 3.57. The summed E-state index contributed by atoms with van der Waals surface area (Å²) in [7, 11) is 0. The van der Waals surface area contributed by atoms with Crippen LogP contribution in [0.2, 0.25) is 0 Å². The molecule has 0 aliphatic rings. The van der Waals surface area contributed by atoms with Crippen LogP contribution in [0, 0.1) is 11.8 Å². The summed E-state index contributed by atoms with van der Waals surface area (Å²) < 4.78 is 0. The maximum atomic E-state index is 9.54. The van der Waals surface area contributed by atoms with Crippen LogP contribution >= 0.6 is 0 Å². The van der Waals surface area contributed by atoms with E-state index in [-0.39, 0.29) is 24.0 Å². The molecule has 0 heterocycles. The molecule has 0 spiro atoms. The van der Waals surface area contributed by atoms with E-state index in [1.807, 2.05) is 27.7 Å². The number of rotatable bonds is 4. The number of aliphatic hydroxyl groups excluding tert-OH is 2. The Morgan fingerprint density at radius 2 is 1.55 bits per heavy atom. The highest BCUT2D eigenvalue weighted by Crippen LogP contribution is 2.17. The first-order valence-corrected chi connectivity index (χ1v) is 4.36. The maximum Gasteiger partial charge on any atom is 0.0613 e. The van der Waals surface area contributed by atoms with Gasteiger partial charge in [0.25, 0.3) is 0 Å². The summed E-state index contributed by atoms with van der Waals surface area (Å²) in [4.78, 5) is 0. The van der Waals surface area contributed by atoms with Gasteiger partial charge < -0.3 is 10.2 Å². The van der Waals surface area contributed by atoms with Crippen LogP contribution in [-0.4, -0.2) is 22.4 Å². The maximum absolute atomic E-state index is 9.54. The minimum atomic E-state index is -0.384. The Morgan fingerprint density at radius 3 is 1.82 bits per heavy atom. The van der Waals surface area contributed by atoms with Crippen LogP contribution in [0.1, 0.15) is 34.1 Å². The molecule has 0 unspecified atom stereocenters. The summed E-state index contributed by atoms with van der Waals surface area (Å²) in [5.74, 6) is 0.214. The van der Waals surface area contributed by atoms with Gasteiger partial charge in [0.15, 0.2) is 0 Å². The largest absolute Gasteiger partial charge is 0.393 e. The Hall–Kier alpha value is -0.0800. The fourth-order valence-electron chi connectivity index (χ4n) is 1.21. The molecule has 0 aliphatic heterocycles. The summed E-state index contributed by atoms with van der Waals surface area (Å²) in [5.41, 5.74) is 0. The minimum Gasteiger partial charge on any atom is -0.393 e. The van der Waals surface area contributed by atoms with Crippen molar-refractivity contribution < 1.29 is 10.2 Å². The summed E-state index contributed by atoms with van der Waals surface area (Å²) >= 11 is 0. The normalized spacial score (nSPS) is 19.9. The van der Waals surface area contributed by atoms with Crippen LogP contribution < -0.4 is 0 Å². The summed E-state index contributed by atoms with van der Waals surface area (Å²) in [6.07, 6.45) is -0.0392. The van der Waals surface area contributed by atoms with Crippen LogP contribution in [0.5, 0.6) is 0 Å². The van der Waals surface area contributed by atoms with Crippen molar-refractivity contribution in [3.8, 4) is 0 Å². The van der Waals surface area contributed by atoms with Gasteiger partial charge in [0.1, 0.15) is 0 Å². The first kappa shape index (κ1) is 10.9. The molecule has 0 radical (unpaired) electrons. The molecule has 0 fully saturated rings.